The molecule has 1 rings (SSSR count). The van der Waals surface area contributed by atoms with Crippen molar-refractivity contribution < 1.29 is 9.66 Å². The number of hydrogen-bond acceptors (Lipinski definition) is 3. The molecular formula is C10H10ClNO3. The molecule has 0 spiro atoms. The first-order chi connectivity index (χ1) is 7.06. The lowest BCUT2D eigenvalue weighted by Crippen LogP contribution is -1.98. The third-order valence-corrected chi connectivity index (χ3v) is 2.20. The standard InChI is InChI=1S/C10H10ClNO3/c1-3-4-15-10-6-8(11)7(2)5-9(10)12(13)14/h3,5-6H,1,4H2,2H3. The average Bonchev–Trinajstić information content (AvgIpc) is 2.19. The molecule has 0 unspecified atom stereocenters. The van der Waals surface area contributed by atoms with E-state index in [0.717, 1.165) is 0 Å². The molecule has 1 aromatic rings. The predicted octanol–water partition coefficient (Wildman–Crippen LogP) is 3.12. The van der Waals surface area contributed by atoms with E-state index in [1.54, 1.807) is 6.92 Å². The van der Waals surface area contributed by atoms with Crippen LogP contribution >= 0.6 is 11.6 Å². The van der Waals surface area contributed by atoms with Crippen LogP contribution in [0.25, 0.3) is 0 Å². The topological polar surface area (TPSA) is 52.4 Å². The highest BCUT2D eigenvalue weighted by Crippen LogP contribution is 2.32. The van der Waals surface area contributed by atoms with Crippen molar-refractivity contribution in [2.75, 3.05) is 6.61 Å². The molecule has 0 aliphatic rings. The molecular weight excluding hydrogens is 218 g/mol. The largest absolute Gasteiger partial charge is 0.483 e. The highest BCUT2D eigenvalue weighted by atomic mass is 35.5. The number of nitrogens with zero attached hydrogens (tertiary/aromatic N) is 1. The first kappa shape index (κ1) is 11.5. The number of rotatable bonds is 4. The molecule has 1 aromatic carbocycles. The van der Waals surface area contributed by atoms with E-state index >= 15 is 0 Å². The van der Waals surface area contributed by atoms with Crippen LogP contribution in [-0.4, -0.2) is 11.5 Å². The summed E-state index contributed by atoms with van der Waals surface area (Å²) < 4.78 is 5.14. The van der Waals surface area contributed by atoms with Gasteiger partial charge in [0.2, 0.25) is 0 Å². The van der Waals surface area contributed by atoms with Crippen LogP contribution in [0.5, 0.6) is 5.75 Å². The van der Waals surface area contributed by atoms with E-state index in [2.05, 4.69) is 6.58 Å². The Kier molecular flexibility index (Phi) is 3.68. The normalized spacial score (nSPS) is 9.73. The number of halogens is 1. The predicted molar refractivity (Wildman–Crippen MR) is 58.5 cm³/mol. The Morgan fingerprint density at radius 2 is 2.33 bits per heavy atom. The molecule has 0 amide bonds. The van der Waals surface area contributed by atoms with Crippen LogP contribution < -0.4 is 4.74 Å². The maximum Gasteiger partial charge on any atom is 0.311 e. The maximum atomic E-state index is 10.7. The SMILES string of the molecule is C=CCOc1cc(Cl)c(C)cc1[N+](=O)[O-]. The number of ether oxygens (including phenoxy) is 1. The first-order valence-corrected chi connectivity index (χ1v) is 4.62. The molecule has 0 saturated carbocycles. The van der Waals surface area contributed by atoms with Crippen molar-refractivity contribution in [3.05, 3.63) is 45.5 Å². The van der Waals surface area contributed by atoms with Crippen molar-refractivity contribution >= 4 is 17.3 Å². The molecule has 0 saturated heterocycles. The lowest BCUT2D eigenvalue weighted by atomic mass is 10.2. The molecule has 0 heterocycles. The molecule has 0 aliphatic carbocycles. The molecule has 0 bridgehead atoms. The molecule has 5 heteroatoms. The third kappa shape index (κ3) is 2.70. The second kappa shape index (κ2) is 4.79. The van der Waals surface area contributed by atoms with Gasteiger partial charge in [-0.1, -0.05) is 24.3 Å². The summed E-state index contributed by atoms with van der Waals surface area (Å²) in [5.74, 6) is 0.163. The number of benzene rings is 1. The minimum absolute atomic E-state index is 0.0845. The van der Waals surface area contributed by atoms with E-state index in [4.69, 9.17) is 16.3 Å². The third-order valence-electron chi connectivity index (χ3n) is 1.79. The van der Waals surface area contributed by atoms with Crippen molar-refractivity contribution in [1.82, 2.24) is 0 Å². The van der Waals surface area contributed by atoms with E-state index in [0.29, 0.717) is 10.6 Å². The average molecular weight is 228 g/mol. The summed E-state index contributed by atoms with van der Waals surface area (Å²) in [6, 6.07) is 2.83. The first-order valence-electron chi connectivity index (χ1n) is 4.24. The highest BCUT2D eigenvalue weighted by Gasteiger charge is 2.16. The Bertz CT molecular complexity index is 404. The Labute approximate surface area is 92.3 Å². The summed E-state index contributed by atoms with van der Waals surface area (Å²) in [7, 11) is 0. The van der Waals surface area contributed by atoms with Gasteiger partial charge in [0.05, 0.1) is 4.92 Å². The lowest BCUT2D eigenvalue weighted by Gasteiger charge is -2.06. The van der Waals surface area contributed by atoms with E-state index < -0.39 is 4.92 Å². The van der Waals surface area contributed by atoms with Gasteiger partial charge in [-0.3, -0.25) is 10.1 Å². The van der Waals surface area contributed by atoms with Gasteiger partial charge in [-0.2, -0.15) is 0 Å². The molecule has 0 N–H and O–H groups in total. The van der Waals surface area contributed by atoms with E-state index in [9.17, 15) is 10.1 Å². The Hall–Kier alpha value is -1.55. The Morgan fingerprint density at radius 1 is 1.67 bits per heavy atom. The van der Waals surface area contributed by atoms with Crippen molar-refractivity contribution in [1.29, 1.82) is 0 Å². The summed E-state index contributed by atoms with van der Waals surface area (Å²) >= 11 is 5.84. The Balaban J connectivity index is 3.15. The van der Waals surface area contributed by atoms with Gasteiger partial charge in [-0.25, -0.2) is 0 Å². The van der Waals surface area contributed by atoms with E-state index in [1.807, 2.05) is 0 Å². The van der Waals surface area contributed by atoms with Crippen LogP contribution in [-0.2, 0) is 0 Å². The zero-order chi connectivity index (χ0) is 11.4. The van der Waals surface area contributed by atoms with Crippen molar-refractivity contribution in [3.63, 3.8) is 0 Å². The van der Waals surface area contributed by atoms with Crippen LogP contribution in [0.1, 0.15) is 5.56 Å². The fraction of sp³-hybridized carbons (Fsp3) is 0.200. The molecule has 80 valence electrons. The van der Waals surface area contributed by atoms with E-state index in [1.165, 1.54) is 18.2 Å². The van der Waals surface area contributed by atoms with Crippen molar-refractivity contribution in [2.24, 2.45) is 0 Å². The van der Waals surface area contributed by atoms with Crippen molar-refractivity contribution in [3.8, 4) is 5.75 Å². The highest BCUT2D eigenvalue weighted by molar-refractivity contribution is 6.31. The minimum Gasteiger partial charge on any atom is -0.483 e. The number of aryl methyl sites for hydroxylation is 1. The quantitative estimate of drug-likeness (QED) is 0.451. The van der Waals surface area contributed by atoms with Gasteiger partial charge >= 0.3 is 5.69 Å². The van der Waals surface area contributed by atoms with Crippen LogP contribution in [0, 0.1) is 17.0 Å². The Morgan fingerprint density at radius 3 is 2.87 bits per heavy atom. The van der Waals surface area contributed by atoms with Crippen LogP contribution in [0.15, 0.2) is 24.8 Å². The van der Waals surface area contributed by atoms with Gasteiger partial charge in [0.15, 0.2) is 5.75 Å². The van der Waals surface area contributed by atoms with Gasteiger partial charge in [0, 0.05) is 17.2 Å². The number of nitro benzene ring substituents is 1. The zero-order valence-electron chi connectivity index (χ0n) is 8.20. The summed E-state index contributed by atoms with van der Waals surface area (Å²) in [6.45, 7) is 5.37. The summed E-state index contributed by atoms with van der Waals surface area (Å²) in [5.41, 5.74) is 0.563. The van der Waals surface area contributed by atoms with Crippen LogP contribution in [0.3, 0.4) is 0 Å². The molecule has 15 heavy (non-hydrogen) atoms. The fourth-order valence-electron chi connectivity index (χ4n) is 1.06. The van der Waals surface area contributed by atoms with Gasteiger partial charge in [-0.15, -0.1) is 0 Å². The lowest BCUT2D eigenvalue weighted by molar-refractivity contribution is -0.385. The fourth-order valence-corrected chi connectivity index (χ4v) is 1.21. The summed E-state index contributed by atoms with van der Waals surface area (Å²) in [6.07, 6.45) is 1.51. The van der Waals surface area contributed by atoms with Gasteiger partial charge in [0.25, 0.3) is 0 Å². The number of hydrogen-bond donors (Lipinski definition) is 0. The molecule has 4 nitrogen and oxygen atoms in total. The summed E-state index contributed by atoms with van der Waals surface area (Å²) in [5, 5.41) is 11.1. The molecule has 0 radical (unpaired) electrons. The summed E-state index contributed by atoms with van der Waals surface area (Å²) in [4.78, 5) is 10.2. The van der Waals surface area contributed by atoms with Gasteiger partial charge in [-0.05, 0) is 12.5 Å². The van der Waals surface area contributed by atoms with Crippen LogP contribution in [0.2, 0.25) is 5.02 Å². The molecule has 0 aromatic heterocycles. The van der Waals surface area contributed by atoms with Crippen LogP contribution in [0.4, 0.5) is 5.69 Å². The molecule has 0 atom stereocenters. The molecule has 0 aliphatic heterocycles. The minimum atomic E-state index is -0.498. The zero-order valence-corrected chi connectivity index (χ0v) is 8.95. The second-order valence-corrected chi connectivity index (χ2v) is 3.33. The second-order valence-electron chi connectivity index (χ2n) is 2.93. The van der Waals surface area contributed by atoms with Crippen molar-refractivity contribution in [2.45, 2.75) is 6.92 Å². The number of nitro groups is 1. The van der Waals surface area contributed by atoms with E-state index in [-0.39, 0.29) is 18.0 Å². The maximum absolute atomic E-state index is 10.7. The van der Waals surface area contributed by atoms with Gasteiger partial charge in [0.1, 0.15) is 6.61 Å². The molecule has 0 fully saturated rings. The smallest absolute Gasteiger partial charge is 0.311 e. The monoisotopic (exact) mass is 227 g/mol. The van der Waals surface area contributed by atoms with Gasteiger partial charge < -0.3 is 4.74 Å².